The molecule has 1 aromatic rings. The highest BCUT2D eigenvalue weighted by molar-refractivity contribution is 5.78. The molecule has 38 heavy (non-hydrogen) atoms. The summed E-state index contributed by atoms with van der Waals surface area (Å²) in [5.41, 5.74) is 3.24. The van der Waals surface area contributed by atoms with Crippen LogP contribution in [-0.2, 0) is 19.8 Å². The van der Waals surface area contributed by atoms with Crippen molar-refractivity contribution in [3.05, 3.63) is 102 Å². The Morgan fingerprint density at radius 1 is 1.26 bits per heavy atom. The summed E-state index contributed by atoms with van der Waals surface area (Å²) in [5.74, 6) is 1.45. The molecule has 1 fully saturated rings. The maximum absolute atomic E-state index is 13.0. The summed E-state index contributed by atoms with van der Waals surface area (Å²) < 4.78 is 12.8. The smallest absolute Gasteiger partial charge is 0.226 e. The minimum Gasteiger partial charge on any atom is -0.501 e. The van der Waals surface area contributed by atoms with Gasteiger partial charge in [0.2, 0.25) is 5.91 Å². The molecule has 1 saturated heterocycles. The summed E-state index contributed by atoms with van der Waals surface area (Å²) in [5, 5.41) is 3.74. The van der Waals surface area contributed by atoms with Crippen molar-refractivity contribution in [1.82, 2.24) is 19.7 Å². The number of aryl methyl sites for hydroxylation is 1. The third kappa shape index (κ3) is 7.34. The number of rotatable bonds is 9. The van der Waals surface area contributed by atoms with E-state index in [1.54, 1.807) is 26.4 Å². The van der Waals surface area contributed by atoms with Crippen LogP contribution in [0.25, 0.3) is 6.20 Å². The van der Waals surface area contributed by atoms with Crippen LogP contribution in [0.1, 0.15) is 37.4 Å². The minimum absolute atomic E-state index is 0.0964. The van der Waals surface area contributed by atoms with E-state index in [9.17, 15) is 4.79 Å². The standard InChI is InChI=1S/C31H42N4O3/c1-7-8-9-18-33(4)27-11-10-19-35-24-25(2)22-29(35)31(32-17-14-27)15-20-34(21-16-31)30(36)13-12-28(38-6)23-26(3)37-5/h7-12,14,17,19,22-24,32H,1,13,15-16,18,20-21H2,2-6H3/b9-8-,17-14+,19-10+,26-23+,27-11+,28-12+. The van der Waals surface area contributed by atoms with E-state index >= 15 is 0 Å². The normalized spacial score (nSPS) is 20.7. The molecule has 0 saturated carbocycles. The Kier molecular flexibility index (Phi) is 10.3. The predicted octanol–water partition coefficient (Wildman–Crippen LogP) is 5.23. The molecular formula is C31H42N4O3. The molecule has 1 amide bonds. The second-order valence-electron chi connectivity index (χ2n) is 9.70. The van der Waals surface area contributed by atoms with Crippen molar-refractivity contribution in [2.75, 3.05) is 40.9 Å². The molecule has 7 nitrogen and oxygen atoms in total. The molecule has 204 valence electrons. The molecule has 1 spiro atoms. The molecule has 0 radical (unpaired) electrons. The van der Waals surface area contributed by atoms with Gasteiger partial charge in [-0.15, -0.1) is 0 Å². The van der Waals surface area contributed by atoms with Gasteiger partial charge in [0, 0.05) is 63.0 Å². The average molecular weight is 519 g/mol. The number of hydrogen-bond acceptors (Lipinski definition) is 5. The van der Waals surface area contributed by atoms with Gasteiger partial charge in [-0.3, -0.25) is 4.79 Å². The van der Waals surface area contributed by atoms with E-state index in [1.807, 2.05) is 24.0 Å². The lowest BCUT2D eigenvalue weighted by atomic mass is 9.83. The number of aromatic nitrogens is 1. The first kappa shape index (κ1) is 28.7. The molecular weight excluding hydrogens is 476 g/mol. The second kappa shape index (κ2) is 13.6. The lowest BCUT2D eigenvalue weighted by molar-refractivity contribution is -0.132. The monoisotopic (exact) mass is 518 g/mol. The molecule has 2 aliphatic heterocycles. The maximum Gasteiger partial charge on any atom is 0.226 e. The van der Waals surface area contributed by atoms with Crippen molar-refractivity contribution in [3.8, 4) is 0 Å². The van der Waals surface area contributed by atoms with Gasteiger partial charge in [-0.1, -0.05) is 24.8 Å². The first-order valence-electron chi connectivity index (χ1n) is 13.1. The van der Waals surface area contributed by atoms with E-state index in [0.29, 0.717) is 18.8 Å². The van der Waals surface area contributed by atoms with E-state index < -0.39 is 0 Å². The number of fused-ring (bicyclic) bond motifs is 2. The average Bonchev–Trinajstić information content (AvgIpc) is 3.30. The largest absolute Gasteiger partial charge is 0.501 e. The maximum atomic E-state index is 13.0. The number of piperidine rings is 1. The fourth-order valence-electron chi connectivity index (χ4n) is 4.77. The summed E-state index contributed by atoms with van der Waals surface area (Å²) >= 11 is 0. The Balaban J connectivity index is 1.78. The van der Waals surface area contributed by atoms with Crippen LogP contribution in [-0.4, -0.2) is 61.2 Å². The quantitative estimate of drug-likeness (QED) is 0.358. The number of likely N-dealkylation sites (N-methyl/N-ethyl adjacent to an activating group) is 1. The minimum atomic E-state index is -0.276. The van der Waals surface area contributed by atoms with Crippen LogP contribution < -0.4 is 5.32 Å². The lowest BCUT2D eigenvalue weighted by Gasteiger charge is -2.42. The van der Waals surface area contributed by atoms with Gasteiger partial charge in [-0.2, -0.15) is 0 Å². The number of allylic oxidation sites excluding steroid dienone is 7. The van der Waals surface area contributed by atoms with Gasteiger partial charge >= 0.3 is 0 Å². The van der Waals surface area contributed by atoms with Crippen molar-refractivity contribution in [2.24, 2.45) is 0 Å². The molecule has 1 aromatic heterocycles. The van der Waals surface area contributed by atoms with Crippen molar-refractivity contribution < 1.29 is 14.3 Å². The predicted molar refractivity (Wildman–Crippen MR) is 155 cm³/mol. The van der Waals surface area contributed by atoms with Gasteiger partial charge in [0.25, 0.3) is 0 Å². The van der Waals surface area contributed by atoms with Gasteiger partial charge in [-0.05, 0) is 68.8 Å². The van der Waals surface area contributed by atoms with Crippen molar-refractivity contribution in [1.29, 1.82) is 0 Å². The highest BCUT2D eigenvalue weighted by atomic mass is 16.5. The highest BCUT2D eigenvalue weighted by Crippen LogP contribution is 2.35. The van der Waals surface area contributed by atoms with Crippen molar-refractivity contribution >= 4 is 12.1 Å². The third-order valence-corrected chi connectivity index (χ3v) is 7.05. The number of carbonyl (C=O) groups excluding carboxylic acids is 1. The summed E-state index contributed by atoms with van der Waals surface area (Å²) in [6.07, 6.45) is 24.0. The van der Waals surface area contributed by atoms with Crippen LogP contribution in [0.4, 0.5) is 0 Å². The molecule has 2 aliphatic rings. The van der Waals surface area contributed by atoms with Gasteiger partial charge in [-0.25, -0.2) is 0 Å². The van der Waals surface area contributed by atoms with Gasteiger partial charge in [0.1, 0.15) is 5.76 Å². The number of nitrogens with one attached hydrogen (secondary N) is 1. The molecule has 0 atom stereocenters. The number of nitrogens with zero attached hydrogens (tertiary/aromatic N) is 3. The van der Waals surface area contributed by atoms with Gasteiger partial charge in [0.15, 0.2) is 0 Å². The zero-order valence-electron chi connectivity index (χ0n) is 23.4. The molecule has 0 aliphatic carbocycles. The van der Waals surface area contributed by atoms with Gasteiger partial charge < -0.3 is 29.2 Å². The first-order valence-corrected chi connectivity index (χ1v) is 13.1. The summed E-state index contributed by atoms with van der Waals surface area (Å²) in [4.78, 5) is 17.2. The summed E-state index contributed by atoms with van der Waals surface area (Å²) in [6.45, 7) is 9.85. The highest BCUT2D eigenvalue weighted by Gasteiger charge is 2.38. The Hall–Kier alpha value is -3.87. The Labute approximate surface area is 227 Å². The van der Waals surface area contributed by atoms with Crippen molar-refractivity contribution in [2.45, 2.75) is 38.6 Å². The Morgan fingerprint density at radius 3 is 2.71 bits per heavy atom. The number of methoxy groups -OCH3 is 2. The topological polar surface area (TPSA) is 59.0 Å². The molecule has 1 N–H and O–H groups in total. The molecule has 0 bridgehead atoms. The van der Waals surface area contributed by atoms with Crippen LogP contribution in [0.2, 0.25) is 0 Å². The summed E-state index contributed by atoms with van der Waals surface area (Å²) in [7, 11) is 5.28. The third-order valence-electron chi connectivity index (χ3n) is 7.05. The SMILES string of the molecule is C=C/C=C\CN(C)C1=C/C=C/n2cc(C)cc2C2(CCN(C(=O)C/C=C(\C=C(/C)OC)OC)CC2)N\C=C\1. The Bertz CT molecular complexity index is 1160. The zero-order valence-corrected chi connectivity index (χ0v) is 23.4. The van der Waals surface area contributed by atoms with Crippen LogP contribution in [0, 0.1) is 6.92 Å². The van der Waals surface area contributed by atoms with Crippen LogP contribution in [0.5, 0.6) is 0 Å². The first-order chi connectivity index (χ1) is 18.3. The van der Waals surface area contributed by atoms with E-state index in [1.165, 1.54) is 11.3 Å². The fourth-order valence-corrected chi connectivity index (χ4v) is 4.77. The second-order valence-corrected chi connectivity index (χ2v) is 9.70. The van der Waals surface area contributed by atoms with Crippen LogP contribution in [0.3, 0.4) is 0 Å². The van der Waals surface area contributed by atoms with Crippen LogP contribution in [0.15, 0.2) is 90.9 Å². The summed E-state index contributed by atoms with van der Waals surface area (Å²) in [6, 6.07) is 2.25. The van der Waals surface area contributed by atoms with E-state index in [0.717, 1.165) is 30.8 Å². The number of ether oxygens (including phenoxy) is 2. The molecule has 0 unspecified atom stereocenters. The number of amides is 1. The lowest BCUT2D eigenvalue weighted by Crippen LogP contribution is -2.51. The van der Waals surface area contributed by atoms with E-state index in [-0.39, 0.29) is 17.9 Å². The molecule has 3 rings (SSSR count). The number of carbonyl (C=O) groups is 1. The Morgan fingerprint density at radius 2 is 2.03 bits per heavy atom. The van der Waals surface area contributed by atoms with E-state index in [4.69, 9.17) is 9.47 Å². The fraction of sp³-hybridized carbons (Fsp3) is 0.387. The van der Waals surface area contributed by atoms with E-state index in [2.05, 4.69) is 84.3 Å². The zero-order chi connectivity index (χ0) is 27.5. The van der Waals surface area contributed by atoms with Crippen molar-refractivity contribution in [3.63, 3.8) is 0 Å². The number of hydrogen-bond donors (Lipinski definition) is 1. The molecule has 0 aromatic carbocycles. The molecule has 7 heteroatoms. The van der Waals surface area contributed by atoms with Crippen LogP contribution >= 0.6 is 0 Å². The molecule has 3 heterocycles. The number of likely N-dealkylation sites (tertiary alicyclic amines) is 1. The van der Waals surface area contributed by atoms with Gasteiger partial charge in [0.05, 0.1) is 25.5 Å².